The molecule has 4 rings (SSSR count). The van der Waals surface area contributed by atoms with Crippen molar-refractivity contribution in [2.24, 2.45) is 0 Å². The van der Waals surface area contributed by atoms with E-state index in [2.05, 4.69) is 5.32 Å². The number of nitrogens with one attached hydrogen (secondary N) is 1. The van der Waals surface area contributed by atoms with Gasteiger partial charge < -0.3 is 19.5 Å². The first-order valence-electron chi connectivity index (χ1n) is 9.32. The molecule has 1 amide bonds. The summed E-state index contributed by atoms with van der Waals surface area (Å²) < 4.78 is 16.5. The first-order valence-corrected chi connectivity index (χ1v) is 9.69. The van der Waals surface area contributed by atoms with Gasteiger partial charge in [-0.05, 0) is 48.5 Å². The van der Waals surface area contributed by atoms with Crippen LogP contribution in [-0.4, -0.2) is 27.2 Å². The number of halogens is 1. The quantitative estimate of drug-likeness (QED) is 0.614. The minimum absolute atomic E-state index is 0.120. The van der Waals surface area contributed by atoms with Crippen molar-refractivity contribution in [1.82, 2.24) is 0 Å². The average Bonchev–Trinajstić information content (AvgIpc) is 2.78. The van der Waals surface area contributed by atoms with Crippen LogP contribution in [0.5, 0.6) is 17.2 Å². The van der Waals surface area contributed by atoms with Crippen LogP contribution in [0.25, 0.3) is 0 Å². The van der Waals surface area contributed by atoms with Crippen LogP contribution in [0.15, 0.2) is 60.7 Å². The minimum atomic E-state index is -0.498. The van der Waals surface area contributed by atoms with Gasteiger partial charge in [-0.25, -0.2) is 0 Å². The van der Waals surface area contributed by atoms with Crippen LogP contribution in [0.2, 0.25) is 5.02 Å². The van der Waals surface area contributed by atoms with E-state index < -0.39 is 6.17 Å². The van der Waals surface area contributed by atoms with Crippen molar-refractivity contribution in [2.75, 3.05) is 31.5 Å². The Hall–Kier alpha value is -3.38. The second kappa shape index (κ2) is 8.16. The molecule has 0 aromatic heterocycles. The standard InChI is InChI=1S/C23H21ClN2O4/c1-28-19-12-14(13-20(29-2)21(19)30-3)22-25-18-7-5-4-6-17(18)23(27)26(22)16-10-8-15(24)9-11-16/h4-13,22,25H,1-3H3/t22-/m0/s1. The summed E-state index contributed by atoms with van der Waals surface area (Å²) in [5, 5.41) is 4.07. The number of para-hydroxylation sites is 1. The summed E-state index contributed by atoms with van der Waals surface area (Å²) in [6.07, 6.45) is -0.498. The molecule has 0 spiro atoms. The van der Waals surface area contributed by atoms with Crippen molar-refractivity contribution in [2.45, 2.75) is 6.17 Å². The number of nitrogens with zero attached hydrogens (tertiary/aromatic N) is 1. The molecule has 0 saturated carbocycles. The molecule has 0 saturated heterocycles. The van der Waals surface area contributed by atoms with Crippen LogP contribution in [0.4, 0.5) is 11.4 Å². The van der Waals surface area contributed by atoms with Crippen LogP contribution in [0, 0.1) is 0 Å². The van der Waals surface area contributed by atoms with E-state index in [0.29, 0.717) is 33.5 Å². The zero-order valence-electron chi connectivity index (χ0n) is 16.8. The predicted octanol–water partition coefficient (Wildman–Crippen LogP) is 5.14. The van der Waals surface area contributed by atoms with Gasteiger partial charge >= 0.3 is 0 Å². The second-order valence-corrected chi connectivity index (χ2v) is 7.14. The number of carbonyl (C=O) groups is 1. The van der Waals surface area contributed by atoms with Gasteiger partial charge in [0.1, 0.15) is 6.17 Å². The van der Waals surface area contributed by atoms with Gasteiger partial charge in [-0.2, -0.15) is 0 Å². The monoisotopic (exact) mass is 424 g/mol. The molecule has 1 N–H and O–H groups in total. The Labute approximate surface area is 179 Å². The first-order chi connectivity index (χ1) is 14.6. The largest absolute Gasteiger partial charge is 0.493 e. The number of rotatable bonds is 5. The third-order valence-electron chi connectivity index (χ3n) is 5.03. The van der Waals surface area contributed by atoms with E-state index in [1.807, 2.05) is 42.5 Å². The van der Waals surface area contributed by atoms with Crippen molar-refractivity contribution in [3.63, 3.8) is 0 Å². The summed E-state index contributed by atoms with van der Waals surface area (Å²) in [5.74, 6) is 1.39. The number of amides is 1. The van der Waals surface area contributed by atoms with Crippen LogP contribution in [0.3, 0.4) is 0 Å². The molecule has 1 aliphatic rings. The lowest BCUT2D eigenvalue weighted by Gasteiger charge is -2.38. The van der Waals surface area contributed by atoms with E-state index in [1.165, 1.54) is 0 Å². The van der Waals surface area contributed by atoms with Crippen molar-refractivity contribution in [3.05, 3.63) is 76.8 Å². The lowest BCUT2D eigenvalue weighted by Crippen LogP contribution is -2.43. The van der Waals surface area contributed by atoms with Crippen molar-refractivity contribution < 1.29 is 19.0 Å². The van der Waals surface area contributed by atoms with Gasteiger partial charge in [-0.3, -0.25) is 9.69 Å². The van der Waals surface area contributed by atoms with Gasteiger partial charge in [0.2, 0.25) is 5.75 Å². The highest BCUT2D eigenvalue weighted by Crippen LogP contribution is 2.43. The summed E-state index contributed by atoms with van der Waals surface area (Å²) in [6, 6.07) is 18.3. The molecule has 0 radical (unpaired) electrons. The van der Waals surface area contributed by atoms with E-state index in [-0.39, 0.29) is 5.91 Å². The van der Waals surface area contributed by atoms with E-state index in [0.717, 1.165) is 11.3 Å². The number of benzene rings is 3. The molecule has 3 aromatic carbocycles. The van der Waals surface area contributed by atoms with E-state index in [4.69, 9.17) is 25.8 Å². The molecule has 0 bridgehead atoms. The van der Waals surface area contributed by atoms with Crippen LogP contribution >= 0.6 is 11.6 Å². The Kier molecular flexibility index (Phi) is 5.42. The molecule has 0 aliphatic carbocycles. The highest BCUT2D eigenvalue weighted by Gasteiger charge is 2.35. The lowest BCUT2D eigenvalue weighted by molar-refractivity contribution is 0.0975. The van der Waals surface area contributed by atoms with Gasteiger partial charge in [-0.1, -0.05) is 23.7 Å². The predicted molar refractivity (Wildman–Crippen MR) is 117 cm³/mol. The Bertz CT molecular complexity index is 1060. The maximum Gasteiger partial charge on any atom is 0.262 e. The molecule has 0 unspecified atom stereocenters. The summed E-state index contributed by atoms with van der Waals surface area (Å²) in [4.78, 5) is 15.2. The molecule has 1 aliphatic heterocycles. The van der Waals surface area contributed by atoms with Gasteiger partial charge in [0.15, 0.2) is 11.5 Å². The highest BCUT2D eigenvalue weighted by molar-refractivity contribution is 6.30. The number of ether oxygens (including phenoxy) is 3. The maximum atomic E-state index is 13.5. The van der Waals surface area contributed by atoms with E-state index >= 15 is 0 Å². The number of anilines is 2. The molecule has 7 heteroatoms. The topological polar surface area (TPSA) is 60.0 Å². The normalized spacial score (nSPS) is 15.3. The van der Waals surface area contributed by atoms with Crippen molar-refractivity contribution in [3.8, 4) is 17.2 Å². The summed E-state index contributed by atoms with van der Waals surface area (Å²) in [6.45, 7) is 0. The van der Waals surface area contributed by atoms with Crippen molar-refractivity contribution >= 4 is 28.9 Å². The zero-order valence-corrected chi connectivity index (χ0v) is 17.6. The second-order valence-electron chi connectivity index (χ2n) is 6.70. The fraction of sp³-hybridized carbons (Fsp3) is 0.174. The zero-order chi connectivity index (χ0) is 21.3. The number of fused-ring (bicyclic) bond motifs is 1. The smallest absolute Gasteiger partial charge is 0.262 e. The van der Waals surface area contributed by atoms with Crippen LogP contribution in [0.1, 0.15) is 22.1 Å². The van der Waals surface area contributed by atoms with Crippen molar-refractivity contribution in [1.29, 1.82) is 0 Å². The molecule has 1 atom stereocenters. The fourth-order valence-corrected chi connectivity index (χ4v) is 3.74. The number of methoxy groups -OCH3 is 3. The molecule has 0 fully saturated rings. The molecule has 30 heavy (non-hydrogen) atoms. The molecular formula is C23H21ClN2O4. The molecule has 3 aromatic rings. The number of carbonyl (C=O) groups excluding carboxylic acids is 1. The Balaban J connectivity index is 1.89. The third kappa shape index (κ3) is 3.39. The first kappa shape index (κ1) is 19.9. The van der Waals surface area contributed by atoms with Gasteiger partial charge in [-0.15, -0.1) is 0 Å². The highest BCUT2D eigenvalue weighted by atomic mass is 35.5. The van der Waals surface area contributed by atoms with E-state index in [1.54, 1.807) is 44.4 Å². The summed E-state index contributed by atoms with van der Waals surface area (Å²) in [7, 11) is 4.68. The Morgan fingerprint density at radius 2 is 1.53 bits per heavy atom. The Morgan fingerprint density at radius 1 is 0.900 bits per heavy atom. The van der Waals surface area contributed by atoms with Crippen LogP contribution < -0.4 is 24.4 Å². The molecular weight excluding hydrogens is 404 g/mol. The average molecular weight is 425 g/mol. The lowest BCUT2D eigenvalue weighted by atomic mass is 10.0. The minimum Gasteiger partial charge on any atom is -0.493 e. The molecule has 154 valence electrons. The molecule has 1 heterocycles. The Morgan fingerprint density at radius 3 is 2.13 bits per heavy atom. The van der Waals surface area contributed by atoms with E-state index in [9.17, 15) is 4.79 Å². The number of hydrogen-bond acceptors (Lipinski definition) is 5. The van der Waals surface area contributed by atoms with Gasteiger partial charge in [0, 0.05) is 22.0 Å². The summed E-state index contributed by atoms with van der Waals surface area (Å²) >= 11 is 6.07. The van der Waals surface area contributed by atoms with Gasteiger partial charge in [0.25, 0.3) is 5.91 Å². The maximum absolute atomic E-state index is 13.5. The summed E-state index contributed by atoms with van der Waals surface area (Å²) in [5.41, 5.74) is 2.84. The number of hydrogen-bond donors (Lipinski definition) is 1. The fourth-order valence-electron chi connectivity index (χ4n) is 3.61. The SMILES string of the molecule is COc1cc([C@H]2Nc3ccccc3C(=O)N2c2ccc(Cl)cc2)cc(OC)c1OC. The van der Waals surface area contributed by atoms with Crippen LogP contribution in [-0.2, 0) is 0 Å². The molecule has 6 nitrogen and oxygen atoms in total. The van der Waals surface area contributed by atoms with Gasteiger partial charge in [0.05, 0.1) is 26.9 Å². The third-order valence-corrected chi connectivity index (χ3v) is 5.29.